The van der Waals surface area contributed by atoms with Gasteiger partial charge in [-0.05, 0) is 44.4 Å². The van der Waals surface area contributed by atoms with E-state index in [1.807, 2.05) is 13.0 Å². The Bertz CT molecular complexity index is 1200. The number of nitrogens with zero attached hydrogens (tertiary/aromatic N) is 3. The van der Waals surface area contributed by atoms with Crippen LogP contribution in [0.3, 0.4) is 0 Å². The van der Waals surface area contributed by atoms with E-state index in [1.165, 1.54) is 24.6 Å². The molecule has 0 spiro atoms. The molecule has 0 atom stereocenters. The predicted molar refractivity (Wildman–Crippen MR) is 113 cm³/mol. The van der Waals surface area contributed by atoms with Gasteiger partial charge in [-0.2, -0.15) is 4.98 Å². The molecule has 3 N–H and O–H groups in total. The highest BCUT2D eigenvalue weighted by Crippen LogP contribution is 2.20. The molecule has 0 saturated carbocycles. The van der Waals surface area contributed by atoms with Crippen molar-refractivity contribution in [2.24, 2.45) is 0 Å². The van der Waals surface area contributed by atoms with Crippen LogP contribution in [0.1, 0.15) is 25.0 Å². The molecule has 1 aliphatic rings. The number of benzene rings is 1. The van der Waals surface area contributed by atoms with Gasteiger partial charge in [0, 0.05) is 37.9 Å². The van der Waals surface area contributed by atoms with E-state index < -0.39 is 15.8 Å². The van der Waals surface area contributed by atoms with Crippen LogP contribution in [0.15, 0.2) is 38.4 Å². The normalized spacial score (nSPS) is 14.9. The van der Waals surface area contributed by atoms with Gasteiger partial charge in [-0.3, -0.25) is 4.98 Å². The Morgan fingerprint density at radius 3 is 2.73 bits per heavy atom. The number of nitrogens with one attached hydrogen (secondary N) is 3. The molecular formula is C19H24N6O4S. The Kier molecular flexibility index (Phi) is 5.73. The lowest BCUT2D eigenvalue weighted by molar-refractivity contribution is 0.555. The van der Waals surface area contributed by atoms with Crippen molar-refractivity contribution in [3.63, 3.8) is 0 Å². The number of aryl methyl sites for hydroxylation is 1. The monoisotopic (exact) mass is 432 g/mol. The van der Waals surface area contributed by atoms with Crippen molar-refractivity contribution in [2.75, 3.05) is 36.4 Å². The molecule has 1 saturated heterocycles. The van der Waals surface area contributed by atoms with E-state index in [9.17, 15) is 13.2 Å². The minimum Gasteiger partial charge on any atom is -0.408 e. The van der Waals surface area contributed by atoms with Crippen molar-refractivity contribution in [1.29, 1.82) is 0 Å². The van der Waals surface area contributed by atoms with E-state index in [2.05, 4.69) is 29.9 Å². The smallest absolute Gasteiger partial charge is 0.408 e. The number of aromatic nitrogens is 3. The molecule has 0 unspecified atom stereocenters. The predicted octanol–water partition coefficient (Wildman–Crippen LogP) is 1.60. The van der Waals surface area contributed by atoms with Gasteiger partial charge >= 0.3 is 5.76 Å². The minimum absolute atomic E-state index is 0.0474. The SMILES string of the molecule is Cc1cc(N2CCCCC2)nc(NCCNS(=O)(=O)c2ccc3oc(=O)[nH]c3c2)n1. The Hall–Kier alpha value is -2.92. The van der Waals surface area contributed by atoms with Crippen molar-refractivity contribution in [2.45, 2.75) is 31.1 Å². The largest absolute Gasteiger partial charge is 0.417 e. The molecule has 0 amide bonds. The summed E-state index contributed by atoms with van der Waals surface area (Å²) in [5.41, 5.74) is 1.50. The highest BCUT2D eigenvalue weighted by atomic mass is 32.2. The van der Waals surface area contributed by atoms with Gasteiger partial charge in [0.25, 0.3) is 0 Å². The molecule has 3 heterocycles. The van der Waals surface area contributed by atoms with Crippen molar-refractivity contribution in [3.05, 3.63) is 40.5 Å². The number of hydrogen-bond donors (Lipinski definition) is 3. The van der Waals surface area contributed by atoms with Crippen LogP contribution >= 0.6 is 0 Å². The summed E-state index contributed by atoms with van der Waals surface area (Å²) in [7, 11) is -3.73. The average molecular weight is 433 g/mol. The molecule has 0 aliphatic carbocycles. The Balaban J connectivity index is 1.36. The molecule has 3 aromatic rings. The lowest BCUT2D eigenvalue weighted by Crippen LogP contribution is -2.31. The number of H-pyrrole nitrogens is 1. The first-order chi connectivity index (χ1) is 14.4. The van der Waals surface area contributed by atoms with E-state index in [0.717, 1.165) is 37.4 Å². The van der Waals surface area contributed by atoms with Gasteiger partial charge in [-0.1, -0.05) is 0 Å². The van der Waals surface area contributed by atoms with Crippen LogP contribution < -0.4 is 20.7 Å². The summed E-state index contributed by atoms with van der Waals surface area (Å²) in [6.07, 6.45) is 3.56. The Morgan fingerprint density at radius 1 is 1.13 bits per heavy atom. The highest BCUT2D eigenvalue weighted by molar-refractivity contribution is 7.89. The van der Waals surface area contributed by atoms with Gasteiger partial charge in [0.05, 0.1) is 10.4 Å². The fraction of sp³-hybridized carbons (Fsp3) is 0.421. The van der Waals surface area contributed by atoms with Crippen molar-refractivity contribution in [1.82, 2.24) is 19.7 Å². The number of hydrogen-bond acceptors (Lipinski definition) is 8. The van der Waals surface area contributed by atoms with E-state index >= 15 is 0 Å². The third-order valence-corrected chi connectivity index (χ3v) is 6.38. The van der Waals surface area contributed by atoms with E-state index in [-0.39, 0.29) is 11.4 Å². The quantitative estimate of drug-likeness (QED) is 0.480. The minimum atomic E-state index is -3.73. The van der Waals surface area contributed by atoms with Gasteiger partial charge in [0.1, 0.15) is 5.82 Å². The molecule has 1 aromatic carbocycles. The molecule has 30 heavy (non-hydrogen) atoms. The van der Waals surface area contributed by atoms with Crippen molar-refractivity contribution < 1.29 is 12.8 Å². The molecule has 1 fully saturated rings. The average Bonchev–Trinajstić information content (AvgIpc) is 3.11. The number of anilines is 2. The summed E-state index contributed by atoms with van der Waals surface area (Å²) in [5.74, 6) is 0.749. The second-order valence-electron chi connectivity index (χ2n) is 7.24. The number of piperidine rings is 1. The molecule has 2 aromatic heterocycles. The summed E-state index contributed by atoms with van der Waals surface area (Å²) in [4.78, 5) is 24.9. The molecule has 11 heteroatoms. The molecule has 160 valence electrons. The third-order valence-electron chi connectivity index (χ3n) is 4.92. The molecule has 10 nitrogen and oxygen atoms in total. The van der Waals surface area contributed by atoms with Crippen LogP contribution in [0.4, 0.5) is 11.8 Å². The Labute approximate surface area is 173 Å². The van der Waals surface area contributed by atoms with Crippen LogP contribution in [0, 0.1) is 6.92 Å². The summed E-state index contributed by atoms with van der Waals surface area (Å²) in [6.45, 7) is 4.37. The maximum Gasteiger partial charge on any atom is 0.417 e. The summed E-state index contributed by atoms with van der Waals surface area (Å²) >= 11 is 0. The van der Waals surface area contributed by atoms with Crippen LogP contribution in [-0.2, 0) is 10.0 Å². The molecule has 0 radical (unpaired) electrons. The van der Waals surface area contributed by atoms with Gasteiger partial charge < -0.3 is 14.6 Å². The highest BCUT2D eigenvalue weighted by Gasteiger charge is 2.16. The molecule has 4 rings (SSSR count). The van der Waals surface area contributed by atoms with E-state index in [1.54, 1.807) is 0 Å². The van der Waals surface area contributed by atoms with Crippen LogP contribution in [0.25, 0.3) is 11.1 Å². The lowest BCUT2D eigenvalue weighted by Gasteiger charge is -2.28. The molecular weight excluding hydrogens is 408 g/mol. The molecule has 1 aliphatic heterocycles. The third kappa shape index (κ3) is 4.62. The standard InChI is InChI=1S/C19H24N6O4S/c1-13-11-17(25-9-3-2-4-10-25)24-18(22-13)20-7-8-21-30(27,28)14-5-6-16-15(12-14)23-19(26)29-16/h5-6,11-12,21H,2-4,7-10H2,1H3,(H,23,26)(H,20,22,24). The second-order valence-corrected chi connectivity index (χ2v) is 9.00. The van der Waals surface area contributed by atoms with Gasteiger partial charge in [0.2, 0.25) is 16.0 Å². The first kappa shape index (κ1) is 20.4. The fourth-order valence-electron chi connectivity index (χ4n) is 3.46. The summed E-state index contributed by atoms with van der Waals surface area (Å²) in [6, 6.07) is 6.17. The van der Waals surface area contributed by atoms with Gasteiger partial charge in [0.15, 0.2) is 5.58 Å². The van der Waals surface area contributed by atoms with E-state index in [0.29, 0.717) is 23.6 Å². The number of aromatic amines is 1. The topological polar surface area (TPSA) is 133 Å². The zero-order valence-corrected chi connectivity index (χ0v) is 17.5. The molecule has 0 bridgehead atoms. The van der Waals surface area contributed by atoms with Gasteiger partial charge in [-0.15, -0.1) is 0 Å². The maximum absolute atomic E-state index is 12.5. The number of oxazole rings is 1. The fourth-order valence-corrected chi connectivity index (χ4v) is 4.51. The number of rotatable bonds is 7. The van der Waals surface area contributed by atoms with Crippen LogP contribution in [-0.4, -0.2) is 49.5 Å². The second kappa shape index (κ2) is 8.44. The number of fused-ring (bicyclic) bond motifs is 1. The van der Waals surface area contributed by atoms with Crippen molar-refractivity contribution >= 4 is 32.9 Å². The van der Waals surface area contributed by atoms with E-state index in [4.69, 9.17) is 4.42 Å². The zero-order chi connectivity index (χ0) is 21.1. The van der Waals surface area contributed by atoms with Crippen molar-refractivity contribution in [3.8, 4) is 0 Å². The summed E-state index contributed by atoms with van der Waals surface area (Å²) < 4.78 is 32.4. The summed E-state index contributed by atoms with van der Waals surface area (Å²) in [5, 5.41) is 3.08. The van der Waals surface area contributed by atoms with Crippen LogP contribution in [0.5, 0.6) is 0 Å². The Morgan fingerprint density at radius 2 is 1.93 bits per heavy atom. The number of sulfonamides is 1. The first-order valence-corrected chi connectivity index (χ1v) is 11.4. The van der Waals surface area contributed by atoms with Crippen LogP contribution in [0.2, 0.25) is 0 Å². The van der Waals surface area contributed by atoms with Gasteiger partial charge in [-0.25, -0.2) is 22.9 Å². The maximum atomic E-state index is 12.5. The lowest BCUT2D eigenvalue weighted by atomic mass is 10.1. The zero-order valence-electron chi connectivity index (χ0n) is 16.6. The first-order valence-electron chi connectivity index (χ1n) is 9.88.